The van der Waals surface area contributed by atoms with Crippen LogP contribution in [-0.4, -0.2) is 44.3 Å². The molecule has 2 fully saturated rings. The van der Waals surface area contributed by atoms with E-state index in [0.29, 0.717) is 18.0 Å². The van der Waals surface area contributed by atoms with E-state index < -0.39 is 0 Å². The number of hydrogen-bond donors (Lipinski definition) is 1. The van der Waals surface area contributed by atoms with Crippen molar-refractivity contribution in [1.29, 1.82) is 0 Å². The SMILES string of the molecule is C/C=C/c1ccc(C2[C@H]3CNC[C@@H]2N3Cc2cc(OC)cc(OC)c2)cc1. The van der Waals surface area contributed by atoms with Gasteiger partial charge in [-0.2, -0.15) is 0 Å². The summed E-state index contributed by atoms with van der Waals surface area (Å²) < 4.78 is 10.9. The molecule has 0 aromatic heterocycles. The van der Waals surface area contributed by atoms with Crippen molar-refractivity contribution >= 4 is 6.08 Å². The lowest BCUT2D eigenvalue weighted by molar-refractivity contribution is -0.0484. The highest BCUT2D eigenvalue weighted by molar-refractivity contribution is 5.50. The van der Waals surface area contributed by atoms with Crippen molar-refractivity contribution in [3.8, 4) is 11.5 Å². The van der Waals surface area contributed by atoms with Crippen molar-refractivity contribution in [3.63, 3.8) is 0 Å². The van der Waals surface area contributed by atoms with Gasteiger partial charge in [0.15, 0.2) is 0 Å². The van der Waals surface area contributed by atoms with Gasteiger partial charge in [-0.1, -0.05) is 36.4 Å². The van der Waals surface area contributed by atoms with Crippen LogP contribution in [0.5, 0.6) is 11.5 Å². The topological polar surface area (TPSA) is 33.7 Å². The standard InChI is InChI=1S/C23H28N2O2/c1-4-5-16-6-8-18(9-7-16)23-21-13-24-14-22(23)25(21)15-17-10-19(26-2)12-20(11-17)27-3/h4-12,21-24H,13-15H2,1-3H3/b5-4+/t21-,22+,23?. The Morgan fingerprint density at radius 1 is 1.00 bits per heavy atom. The average Bonchev–Trinajstić information content (AvgIpc) is 2.72. The number of rotatable bonds is 6. The Labute approximate surface area is 161 Å². The van der Waals surface area contributed by atoms with Gasteiger partial charge in [0.1, 0.15) is 11.5 Å². The van der Waals surface area contributed by atoms with Crippen molar-refractivity contribution < 1.29 is 9.47 Å². The van der Waals surface area contributed by atoms with Crippen molar-refractivity contribution in [2.75, 3.05) is 27.3 Å². The molecule has 2 saturated heterocycles. The van der Waals surface area contributed by atoms with E-state index in [1.165, 1.54) is 16.7 Å². The summed E-state index contributed by atoms with van der Waals surface area (Å²) in [7, 11) is 3.41. The van der Waals surface area contributed by atoms with E-state index in [1.807, 2.05) is 6.07 Å². The molecule has 4 heteroatoms. The predicted octanol–water partition coefficient (Wildman–Crippen LogP) is 3.68. The Hall–Kier alpha value is -2.30. The summed E-state index contributed by atoms with van der Waals surface area (Å²) in [5.41, 5.74) is 3.97. The first kappa shape index (κ1) is 18.1. The summed E-state index contributed by atoms with van der Waals surface area (Å²) in [5.74, 6) is 2.31. The lowest BCUT2D eigenvalue weighted by Gasteiger charge is -2.59. The highest BCUT2D eigenvalue weighted by atomic mass is 16.5. The van der Waals surface area contributed by atoms with Gasteiger partial charge >= 0.3 is 0 Å². The summed E-state index contributed by atoms with van der Waals surface area (Å²) in [4.78, 5) is 2.62. The summed E-state index contributed by atoms with van der Waals surface area (Å²) in [6, 6.07) is 16.3. The van der Waals surface area contributed by atoms with Crippen LogP contribution in [0.3, 0.4) is 0 Å². The molecular weight excluding hydrogens is 336 g/mol. The highest BCUT2D eigenvalue weighted by Crippen LogP contribution is 2.43. The lowest BCUT2D eigenvalue weighted by Crippen LogP contribution is -2.72. The van der Waals surface area contributed by atoms with Crippen LogP contribution in [0.25, 0.3) is 6.08 Å². The quantitative estimate of drug-likeness (QED) is 0.848. The molecular formula is C23H28N2O2. The molecule has 2 aromatic carbocycles. The number of likely N-dealkylation sites (tertiary alicyclic amines) is 1. The molecule has 1 N–H and O–H groups in total. The number of methoxy groups -OCH3 is 2. The van der Waals surface area contributed by atoms with Gasteiger partial charge in [-0.25, -0.2) is 0 Å². The number of nitrogens with zero attached hydrogens (tertiary/aromatic N) is 1. The lowest BCUT2D eigenvalue weighted by atomic mass is 9.72. The van der Waals surface area contributed by atoms with Crippen LogP contribution in [0.4, 0.5) is 0 Å². The third-order valence-electron chi connectivity index (χ3n) is 5.84. The van der Waals surface area contributed by atoms with E-state index in [2.05, 4.69) is 65.7 Å². The number of allylic oxidation sites excluding steroid dienone is 1. The third kappa shape index (κ3) is 3.47. The van der Waals surface area contributed by atoms with E-state index in [-0.39, 0.29) is 0 Å². The number of nitrogens with one attached hydrogen (secondary N) is 1. The van der Waals surface area contributed by atoms with Crippen LogP contribution in [0.15, 0.2) is 48.5 Å². The van der Waals surface area contributed by atoms with Crippen molar-refractivity contribution in [2.24, 2.45) is 0 Å². The largest absolute Gasteiger partial charge is 0.497 e. The molecule has 0 radical (unpaired) electrons. The van der Waals surface area contributed by atoms with E-state index in [9.17, 15) is 0 Å². The highest BCUT2D eigenvalue weighted by Gasteiger charge is 2.50. The first-order chi connectivity index (χ1) is 13.2. The maximum absolute atomic E-state index is 5.43. The van der Waals surface area contributed by atoms with Crippen LogP contribution in [0.2, 0.25) is 0 Å². The Morgan fingerprint density at radius 3 is 2.19 bits per heavy atom. The van der Waals surface area contributed by atoms with Gasteiger partial charge in [-0.3, -0.25) is 4.90 Å². The van der Waals surface area contributed by atoms with E-state index in [4.69, 9.17) is 9.47 Å². The molecule has 3 atom stereocenters. The van der Waals surface area contributed by atoms with Gasteiger partial charge < -0.3 is 14.8 Å². The second kappa shape index (κ2) is 7.75. The third-order valence-corrected chi connectivity index (χ3v) is 5.84. The molecule has 0 spiro atoms. The van der Waals surface area contributed by atoms with E-state index in [0.717, 1.165) is 31.1 Å². The molecule has 2 aromatic rings. The number of benzene rings is 2. The van der Waals surface area contributed by atoms with Gasteiger partial charge in [0.25, 0.3) is 0 Å². The minimum Gasteiger partial charge on any atom is -0.497 e. The Morgan fingerprint density at radius 2 is 1.63 bits per heavy atom. The zero-order valence-corrected chi connectivity index (χ0v) is 16.3. The summed E-state index contributed by atoms with van der Waals surface area (Å²) in [5, 5.41) is 3.57. The molecule has 1 unspecified atom stereocenters. The van der Waals surface area contributed by atoms with Gasteiger partial charge in [0.2, 0.25) is 0 Å². The molecule has 0 saturated carbocycles. The van der Waals surface area contributed by atoms with E-state index >= 15 is 0 Å². The maximum atomic E-state index is 5.43. The number of piperazine rings is 1. The number of fused-ring (bicyclic) bond motifs is 2. The second-order valence-electron chi connectivity index (χ2n) is 7.38. The normalized spacial score (nSPS) is 24.6. The predicted molar refractivity (Wildman–Crippen MR) is 109 cm³/mol. The second-order valence-corrected chi connectivity index (χ2v) is 7.38. The van der Waals surface area contributed by atoms with Crippen LogP contribution in [-0.2, 0) is 6.54 Å². The van der Waals surface area contributed by atoms with Gasteiger partial charge in [0, 0.05) is 43.7 Å². The molecule has 4 nitrogen and oxygen atoms in total. The number of piperidine rings is 1. The average molecular weight is 364 g/mol. The maximum Gasteiger partial charge on any atom is 0.122 e. The molecule has 142 valence electrons. The molecule has 2 aliphatic heterocycles. The van der Waals surface area contributed by atoms with Gasteiger partial charge in [0.05, 0.1) is 14.2 Å². The fraction of sp³-hybridized carbons (Fsp3) is 0.391. The molecule has 27 heavy (non-hydrogen) atoms. The van der Waals surface area contributed by atoms with Crippen LogP contribution in [0, 0.1) is 0 Å². The molecule has 2 bridgehead atoms. The molecule has 2 aliphatic rings. The minimum absolute atomic E-state index is 0.536. The van der Waals surface area contributed by atoms with Crippen molar-refractivity contribution in [1.82, 2.24) is 10.2 Å². The van der Waals surface area contributed by atoms with Crippen LogP contribution >= 0.6 is 0 Å². The summed E-state index contributed by atoms with van der Waals surface area (Å²) >= 11 is 0. The summed E-state index contributed by atoms with van der Waals surface area (Å²) in [6.07, 6.45) is 4.23. The zero-order valence-electron chi connectivity index (χ0n) is 16.3. The molecule has 0 amide bonds. The fourth-order valence-electron chi connectivity index (χ4n) is 4.55. The van der Waals surface area contributed by atoms with Gasteiger partial charge in [-0.05, 0) is 35.7 Å². The Bertz CT molecular complexity index is 781. The van der Waals surface area contributed by atoms with Crippen molar-refractivity contribution in [3.05, 3.63) is 65.2 Å². The summed E-state index contributed by atoms with van der Waals surface area (Å²) in [6.45, 7) is 5.07. The van der Waals surface area contributed by atoms with Gasteiger partial charge in [-0.15, -0.1) is 0 Å². The zero-order chi connectivity index (χ0) is 18.8. The number of ether oxygens (including phenoxy) is 2. The van der Waals surface area contributed by atoms with Crippen molar-refractivity contribution in [2.45, 2.75) is 31.5 Å². The smallest absolute Gasteiger partial charge is 0.122 e. The van der Waals surface area contributed by atoms with E-state index in [1.54, 1.807) is 14.2 Å². The van der Waals surface area contributed by atoms with Crippen LogP contribution < -0.4 is 14.8 Å². The first-order valence-corrected chi connectivity index (χ1v) is 9.64. The fourth-order valence-corrected chi connectivity index (χ4v) is 4.55. The van der Waals surface area contributed by atoms with Crippen LogP contribution in [0.1, 0.15) is 29.5 Å². The Kier molecular flexibility index (Phi) is 5.19. The number of hydrogen-bond acceptors (Lipinski definition) is 4. The molecule has 4 rings (SSSR count). The molecule has 0 aliphatic carbocycles. The molecule has 2 heterocycles. The minimum atomic E-state index is 0.536. The Balaban J connectivity index is 1.52. The monoisotopic (exact) mass is 364 g/mol. The first-order valence-electron chi connectivity index (χ1n) is 9.64.